The van der Waals surface area contributed by atoms with Gasteiger partial charge in [-0.1, -0.05) is 53.4 Å². The monoisotopic (exact) mass is 370 g/mol. The van der Waals surface area contributed by atoms with Crippen molar-refractivity contribution in [1.82, 2.24) is 24.3 Å². The van der Waals surface area contributed by atoms with Crippen molar-refractivity contribution in [1.29, 1.82) is 0 Å². The second kappa shape index (κ2) is 6.34. The summed E-state index contributed by atoms with van der Waals surface area (Å²) in [5.74, 6) is 6.51. The van der Waals surface area contributed by atoms with Crippen molar-refractivity contribution in [2.75, 3.05) is 5.84 Å². The fourth-order valence-electron chi connectivity index (χ4n) is 2.40. The van der Waals surface area contributed by atoms with Crippen LogP contribution in [0.1, 0.15) is 10.7 Å². The fourth-order valence-corrected chi connectivity index (χ4v) is 3.95. The summed E-state index contributed by atoms with van der Waals surface area (Å²) in [6, 6.07) is 11.3. The average Bonchev–Trinajstić information content (AvgIpc) is 3.16. The molecular formula is C16H14N6OS2. The van der Waals surface area contributed by atoms with Gasteiger partial charge in [-0.2, -0.15) is 9.61 Å². The molecule has 25 heavy (non-hydrogen) atoms. The quantitative estimate of drug-likeness (QED) is 0.438. The molecule has 4 aromatic rings. The van der Waals surface area contributed by atoms with Gasteiger partial charge < -0.3 is 5.84 Å². The molecule has 1 aromatic carbocycles. The minimum Gasteiger partial charge on any atom is -0.337 e. The Morgan fingerprint density at radius 1 is 1.24 bits per heavy atom. The first-order chi connectivity index (χ1) is 12.1. The summed E-state index contributed by atoms with van der Waals surface area (Å²) in [5.41, 5.74) is 2.33. The van der Waals surface area contributed by atoms with Gasteiger partial charge >= 0.3 is 0 Å². The number of thioether (sulfide) groups is 1. The third-order valence-electron chi connectivity index (χ3n) is 3.52. The minimum atomic E-state index is -0.175. The molecule has 0 atom stereocenters. The molecule has 9 heteroatoms. The fraction of sp³-hybridized carbons (Fsp3) is 0.125. The van der Waals surface area contributed by atoms with E-state index in [-0.39, 0.29) is 5.56 Å². The second-order valence-corrected chi connectivity index (χ2v) is 7.47. The van der Waals surface area contributed by atoms with Gasteiger partial charge in [0.05, 0.1) is 17.6 Å². The molecule has 0 saturated carbocycles. The molecule has 0 aliphatic rings. The van der Waals surface area contributed by atoms with Gasteiger partial charge in [-0.25, -0.2) is 14.6 Å². The molecule has 0 saturated heterocycles. The van der Waals surface area contributed by atoms with Gasteiger partial charge in [-0.15, -0.1) is 0 Å². The third kappa shape index (κ3) is 3.15. The van der Waals surface area contributed by atoms with Crippen LogP contribution in [-0.4, -0.2) is 24.3 Å². The van der Waals surface area contributed by atoms with Gasteiger partial charge in [-0.3, -0.25) is 4.79 Å². The predicted octanol–water partition coefficient (Wildman–Crippen LogP) is 2.33. The van der Waals surface area contributed by atoms with Gasteiger partial charge in [0, 0.05) is 17.4 Å². The largest absolute Gasteiger partial charge is 0.337 e. The first kappa shape index (κ1) is 15.9. The molecule has 0 amide bonds. The Labute approximate surface area is 151 Å². The zero-order valence-corrected chi connectivity index (χ0v) is 14.9. The number of fused-ring (bicyclic) bond motifs is 1. The summed E-state index contributed by atoms with van der Waals surface area (Å²) >= 11 is 2.83. The molecule has 2 N–H and O–H groups in total. The molecule has 0 bridgehead atoms. The Bertz CT molecular complexity index is 1100. The number of benzene rings is 1. The molecule has 0 aliphatic carbocycles. The van der Waals surface area contributed by atoms with Crippen LogP contribution in [-0.2, 0) is 5.75 Å². The van der Waals surface area contributed by atoms with E-state index in [0.29, 0.717) is 21.6 Å². The Kier molecular flexibility index (Phi) is 4.02. The highest BCUT2D eigenvalue weighted by molar-refractivity contribution is 7.98. The summed E-state index contributed by atoms with van der Waals surface area (Å²) < 4.78 is 2.82. The van der Waals surface area contributed by atoms with Gasteiger partial charge in [-0.05, 0) is 6.92 Å². The van der Waals surface area contributed by atoms with Crippen LogP contribution < -0.4 is 11.4 Å². The molecule has 0 radical (unpaired) electrons. The molecule has 3 aromatic heterocycles. The van der Waals surface area contributed by atoms with Crippen LogP contribution in [0.25, 0.3) is 16.2 Å². The summed E-state index contributed by atoms with van der Waals surface area (Å²) in [4.78, 5) is 21.7. The number of nitrogen functional groups attached to an aromatic ring is 1. The number of rotatable bonds is 4. The van der Waals surface area contributed by atoms with E-state index in [9.17, 15) is 4.79 Å². The molecule has 3 heterocycles. The van der Waals surface area contributed by atoms with Crippen molar-refractivity contribution in [2.24, 2.45) is 0 Å². The summed E-state index contributed by atoms with van der Waals surface area (Å²) in [6.07, 6.45) is 1.79. The van der Waals surface area contributed by atoms with E-state index in [0.717, 1.165) is 16.3 Å². The molecule has 0 aliphatic heterocycles. The average molecular weight is 370 g/mol. The standard InChI is InChI=1S/C16H14N6OS2/c1-10-20-22-14(23)7-12(18-16(22)25-10)9-24-15-19-13(8-21(15)17)11-5-3-2-4-6-11/h2-8H,9,17H2,1H3. The van der Waals surface area contributed by atoms with Crippen molar-refractivity contribution in [3.05, 3.63) is 63.7 Å². The third-order valence-corrected chi connectivity index (χ3v) is 5.34. The van der Waals surface area contributed by atoms with E-state index < -0.39 is 0 Å². The lowest BCUT2D eigenvalue weighted by Gasteiger charge is -2.01. The van der Waals surface area contributed by atoms with Gasteiger partial charge in [0.25, 0.3) is 5.56 Å². The van der Waals surface area contributed by atoms with Crippen LogP contribution in [0, 0.1) is 6.92 Å². The van der Waals surface area contributed by atoms with Crippen molar-refractivity contribution in [2.45, 2.75) is 17.8 Å². The maximum Gasteiger partial charge on any atom is 0.275 e. The Hall–Kier alpha value is -2.65. The van der Waals surface area contributed by atoms with Gasteiger partial charge in [0.1, 0.15) is 5.01 Å². The van der Waals surface area contributed by atoms with Crippen LogP contribution in [0.2, 0.25) is 0 Å². The molecule has 0 fully saturated rings. The maximum absolute atomic E-state index is 12.1. The lowest BCUT2D eigenvalue weighted by molar-refractivity contribution is 0.849. The lowest BCUT2D eigenvalue weighted by atomic mass is 10.2. The van der Waals surface area contributed by atoms with Crippen LogP contribution in [0.3, 0.4) is 0 Å². The van der Waals surface area contributed by atoms with Crippen molar-refractivity contribution in [3.63, 3.8) is 0 Å². The molecule has 7 nitrogen and oxygen atoms in total. The smallest absolute Gasteiger partial charge is 0.275 e. The number of aryl methyl sites for hydroxylation is 1. The predicted molar refractivity (Wildman–Crippen MR) is 99.2 cm³/mol. The first-order valence-electron chi connectivity index (χ1n) is 7.49. The Balaban J connectivity index is 1.57. The number of imidazole rings is 1. The highest BCUT2D eigenvalue weighted by Gasteiger charge is 2.11. The summed E-state index contributed by atoms with van der Waals surface area (Å²) in [7, 11) is 0. The molecule has 4 rings (SSSR count). The van der Waals surface area contributed by atoms with E-state index in [1.54, 1.807) is 6.20 Å². The topological polar surface area (TPSA) is 91.1 Å². The van der Waals surface area contributed by atoms with Gasteiger partial charge in [0.15, 0.2) is 5.16 Å². The molecule has 0 unspecified atom stereocenters. The van der Waals surface area contributed by atoms with Crippen molar-refractivity contribution < 1.29 is 0 Å². The summed E-state index contributed by atoms with van der Waals surface area (Å²) in [5, 5.41) is 5.61. The minimum absolute atomic E-state index is 0.175. The van der Waals surface area contributed by atoms with Crippen LogP contribution in [0.4, 0.5) is 0 Å². The maximum atomic E-state index is 12.1. The second-order valence-electron chi connectivity index (χ2n) is 5.37. The Morgan fingerprint density at radius 2 is 2.04 bits per heavy atom. The van der Waals surface area contributed by atoms with Gasteiger partial charge in [0.2, 0.25) is 4.96 Å². The Morgan fingerprint density at radius 3 is 2.84 bits per heavy atom. The van der Waals surface area contributed by atoms with Crippen LogP contribution in [0.15, 0.2) is 52.5 Å². The molecular weight excluding hydrogens is 356 g/mol. The highest BCUT2D eigenvalue weighted by atomic mass is 32.2. The van der Waals surface area contributed by atoms with Crippen LogP contribution in [0.5, 0.6) is 0 Å². The van der Waals surface area contributed by atoms with Crippen molar-refractivity contribution in [3.8, 4) is 11.3 Å². The zero-order valence-electron chi connectivity index (χ0n) is 13.3. The highest BCUT2D eigenvalue weighted by Crippen LogP contribution is 2.25. The van der Waals surface area contributed by atoms with E-state index in [1.165, 1.54) is 38.4 Å². The number of nitrogens with zero attached hydrogens (tertiary/aromatic N) is 5. The molecule has 0 spiro atoms. The van der Waals surface area contributed by atoms with E-state index in [1.807, 2.05) is 37.3 Å². The van der Waals surface area contributed by atoms with E-state index in [2.05, 4.69) is 15.1 Å². The SMILES string of the molecule is Cc1nn2c(=O)cc(CSc3nc(-c4ccccc4)cn3N)nc2s1. The van der Waals surface area contributed by atoms with E-state index >= 15 is 0 Å². The van der Waals surface area contributed by atoms with Crippen molar-refractivity contribution >= 4 is 28.1 Å². The first-order valence-corrected chi connectivity index (χ1v) is 9.29. The number of hydrogen-bond acceptors (Lipinski definition) is 7. The lowest BCUT2D eigenvalue weighted by Crippen LogP contribution is -2.15. The molecule has 126 valence electrons. The van der Waals surface area contributed by atoms with E-state index in [4.69, 9.17) is 5.84 Å². The normalized spacial score (nSPS) is 11.2. The number of aromatic nitrogens is 5. The van der Waals surface area contributed by atoms with Crippen LogP contribution >= 0.6 is 23.1 Å². The number of hydrogen-bond donors (Lipinski definition) is 1. The zero-order chi connectivity index (χ0) is 17.4. The summed E-state index contributed by atoms with van der Waals surface area (Å²) in [6.45, 7) is 1.85. The number of nitrogens with two attached hydrogens (primary N) is 1.